The summed E-state index contributed by atoms with van der Waals surface area (Å²) in [6.45, 7) is 12.6. The topological polar surface area (TPSA) is 24.1 Å². The Morgan fingerprint density at radius 1 is 1.38 bits per heavy atom. The number of nitrogens with one attached hydrogen (secondary N) is 2. The molecule has 78 valence electrons. The molecule has 0 bridgehead atoms. The van der Waals surface area contributed by atoms with Gasteiger partial charge in [-0.1, -0.05) is 20.8 Å². The van der Waals surface area contributed by atoms with Gasteiger partial charge in [0, 0.05) is 12.1 Å². The maximum atomic E-state index is 3.65. The fourth-order valence-corrected chi connectivity index (χ4v) is 1.71. The van der Waals surface area contributed by atoms with Crippen LogP contribution in [0.25, 0.3) is 0 Å². The molecule has 13 heavy (non-hydrogen) atoms. The van der Waals surface area contributed by atoms with E-state index in [4.69, 9.17) is 0 Å². The second-order valence-corrected chi connectivity index (χ2v) is 5.72. The van der Waals surface area contributed by atoms with Crippen molar-refractivity contribution >= 4 is 0 Å². The van der Waals surface area contributed by atoms with Crippen molar-refractivity contribution in [1.82, 2.24) is 10.6 Å². The molecule has 2 heteroatoms. The maximum Gasteiger partial charge on any atom is 0.0289 e. The molecule has 0 radical (unpaired) electrons. The van der Waals surface area contributed by atoms with Crippen molar-refractivity contribution in [3.05, 3.63) is 0 Å². The predicted octanol–water partition coefficient (Wildman–Crippen LogP) is 1.76. The Labute approximate surface area is 82.5 Å². The molecule has 1 rings (SSSR count). The van der Waals surface area contributed by atoms with Crippen molar-refractivity contribution in [1.29, 1.82) is 0 Å². The molecule has 0 amide bonds. The Bertz CT molecular complexity index is 152. The molecule has 1 aliphatic rings. The van der Waals surface area contributed by atoms with Crippen molar-refractivity contribution in [3.8, 4) is 0 Å². The second-order valence-electron chi connectivity index (χ2n) is 5.72. The molecular formula is C11H24N2. The second kappa shape index (κ2) is 3.97. The highest BCUT2D eigenvalue weighted by molar-refractivity contribution is 4.91. The van der Waals surface area contributed by atoms with Crippen molar-refractivity contribution in [2.45, 2.75) is 46.1 Å². The third kappa shape index (κ3) is 4.10. The minimum absolute atomic E-state index is 0.352. The van der Waals surface area contributed by atoms with Gasteiger partial charge in [-0.3, -0.25) is 0 Å². The Morgan fingerprint density at radius 2 is 2.08 bits per heavy atom. The van der Waals surface area contributed by atoms with Crippen LogP contribution in [-0.4, -0.2) is 25.2 Å². The fourth-order valence-electron chi connectivity index (χ4n) is 1.71. The first-order chi connectivity index (χ1) is 5.91. The summed E-state index contributed by atoms with van der Waals surface area (Å²) in [5, 5.41) is 7.05. The van der Waals surface area contributed by atoms with Crippen LogP contribution in [0.1, 0.15) is 40.5 Å². The average Bonchev–Trinajstić information content (AvgIpc) is 2.33. The molecule has 0 aliphatic carbocycles. The van der Waals surface area contributed by atoms with E-state index in [2.05, 4.69) is 38.3 Å². The zero-order chi connectivity index (χ0) is 9.95. The number of rotatable bonds is 3. The first-order valence-electron chi connectivity index (χ1n) is 5.37. The van der Waals surface area contributed by atoms with Gasteiger partial charge in [0.05, 0.1) is 0 Å². The molecular weight excluding hydrogens is 160 g/mol. The summed E-state index contributed by atoms with van der Waals surface area (Å²) in [5.41, 5.74) is 0.806. The molecule has 1 atom stereocenters. The SMILES string of the molecule is CC(C)(C)CCNC1(C)CCNC1. The van der Waals surface area contributed by atoms with Gasteiger partial charge in [0.2, 0.25) is 0 Å². The molecule has 0 aromatic carbocycles. The van der Waals surface area contributed by atoms with Gasteiger partial charge in [0.15, 0.2) is 0 Å². The van der Waals surface area contributed by atoms with E-state index in [9.17, 15) is 0 Å². The van der Waals surface area contributed by atoms with Crippen LogP contribution in [0.3, 0.4) is 0 Å². The average molecular weight is 184 g/mol. The Hall–Kier alpha value is -0.0800. The van der Waals surface area contributed by atoms with E-state index in [1.165, 1.54) is 19.4 Å². The van der Waals surface area contributed by atoms with Crippen LogP contribution in [0, 0.1) is 5.41 Å². The highest BCUT2D eigenvalue weighted by Crippen LogP contribution is 2.19. The third-order valence-electron chi connectivity index (χ3n) is 2.80. The van der Waals surface area contributed by atoms with Crippen molar-refractivity contribution in [3.63, 3.8) is 0 Å². The summed E-state index contributed by atoms with van der Waals surface area (Å²) >= 11 is 0. The van der Waals surface area contributed by atoms with Gasteiger partial charge in [0.25, 0.3) is 0 Å². The molecule has 0 aromatic rings. The molecule has 1 aliphatic heterocycles. The van der Waals surface area contributed by atoms with Crippen LogP contribution in [0.5, 0.6) is 0 Å². The normalized spacial score (nSPS) is 29.5. The van der Waals surface area contributed by atoms with E-state index in [1.54, 1.807) is 0 Å². The van der Waals surface area contributed by atoms with E-state index in [0.29, 0.717) is 11.0 Å². The van der Waals surface area contributed by atoms with Gasteiger partial charge >= 0.3 is 0 Å². The van der Waals surface area contributed by atoms with Gasteiger partial charge in [-0.05, 0) is 38.3 Å². The lowest BCUT2D eigenvalue weighted by molar-refractivity contribution is 0.319. The summed E-state index contributed by atoms with van der Waals surface area (Å²) in [6, 6.07) is 0. The Kier molecular flexibility index (Phi) is 3.36. The monoisotopic (exact) mass is 184 g/mol. The minimum Gasteiger partial charge on any atom is -0.315 e. The Morgan fingerprint density at radius 3 is 2.54 bits per heavy atom. The van der Waals surface area contributed by atoms with Gasteiger partial charge < -0.3 is 10.6 Å². The third-order valence-corrected chi connectivity index (χ3v) is 2.80. The van der Waals surface area contributed by atoms with Gasteiger partial charge in [-0.25, -0.2) is 0 Å². The lowest BCUT2D eigenvalue weighted by atomic mass is 9.91. The van der Waals surface area contributed by atoms with Crippen molar-refractivity contribution in [2.75, 3.05) is 19.6 Å². The molecule has 0 saturated carbocycles. The van der Waals surface area contributed by atoms with Crippen molar-refractivity contribution < 1.29 is 0 Å². The van der Waals surface area contributed by atoms with Crippen LogP contribution in [0.15, 0.2) is 0 Å². The standard InChI is InChI=1S/C11H24N2/c1-10(2,3)5-8-13-11(4)6-7-12-9-11/h12-13H,5-9H2,1-4H3. The van der Waals surface area contributed by atoms with E-state index >= 15 is 0 Å². The molecule has 1 unspecified atom stereocenters. The molecule has 2 nitrogen and oxygen atoms in total. The fraction of sp³-hybridized carbons (Fsp3) is 1.00. The molecule has 1 heterocycles. The zero-order valence-corrected chi connectivity index (χ0v) is 9.54. The summed E-state index contributed by atoms with van der Waals surface area (Å²) in [7, 11) is 0. The quantitative estimate of drug-likeness (QED) is 0.698. The maximum absolute atomic E-state index is 3.65. The van der Waals surface area contributed by atoms with Gasteiger partial charge in [0.1, 0.15) is 0 Å². The largest absolute Gasteiger partial charge is 0.315 e. The predicted molar refractivity (Wildman–Crippen MR) is 58.0 cm³/mol. The molecule has 2 N–H and O–H groups in total. The molecule has 0 aromatic heterocycles. The summed E-state index contributed by atoms with van der Waals surface area (Å²) in [4.78, 5) is 0. The van der Waals surface area contributed by atoms with Crippen molar-refractivity contribution in [2.24, 2.45) is 5.41 Å². The lowest BCUT2D eigenvalue weighted by Gasteiger charge is -2.27. The first-order valence-corrected chi connectivity index (χ1v) is 5.37. The van der Waals surface area contributed by atoms with Gasteiger partial charge in [-0.2, -0.15) is 0 Å². The summed E-state index contributed by atoms with van der Waals surface area (Å²) in [5.74, 6) is 0. The molecule has 0 spiro atoms. The number of hydrogen-bond donors (Lipinski definition) is 2. The van der Waals surface area contributed by atoms with E-state index in [-0.39, 0.29) is 0 Å². The lowest BCUT2D eigenvalue weighted by Crippen LogP contribution is -2.45. The van der Waals surface area contributed by atoms with Crippen LogP contribution in [0.4, 0.5) is 0 Å². The smallest absolute Gasteiger partial charge is 0.0289 e. The minimum atomic E-state index is 0.352. The summed E-state index contributed by atoms with van der Waals surface area (Å²) < 4.78 is 0. The Balaban J connectivity index is 2.18. The van der Waals surface area contributed by atoms with Gasteiger partial charge in [-0.15, -0.1) is 0 Å². The van der Waals surface area contributed by atoms with E-state index < -0.39 is 0 Å². The first kappa shape index (κ1) is 11.0. The zero-order valence-electron chi connectivity index (χ0n) is 9.54. The molecule has 1 saturated heterocycles. The highest BCUT2D eigenvalue weighted by atomic mass is 15.1. The molecule has 1 fully saturated rings. The van der Waals surface area contributed by atoms with Crippen LogP contribution >= 0.6 is 0 Å². The van der Waals surface area contributed by atoms with Crippen LogP contribution in [-0.2, 0) is 0 Å². The van der Waals surface area contributed by atoms with Crippen LogP contribution in [0.2, 0.25) is 0 Å². The van der Waals surface area contributed by atoms with E-state index in [0.717, 1.165) is 13.1 Å². The summed E-state index contributed by atoms with van der Waals surface area (Å²) in [6.07, 6.45) is 2.51. The van der Waals surface area contributed by atoms with E-state index in [1.807, 2.05) is 0 Å². The highest BCUT2D eigenvalue weighted by Gasteiger charge is 2.27. The number of hydrogen-bond acceptors (Lipinski definition) is 2. The van der Waals surface area contributed by atoms with Crippen LogP contribution < -0.4 is 10.6 Å².